The van der Waals surface area contributed by atoms with Crippen molar-refractivity contribution in [2.45, 2.75) is 32.6 Å². The van der Waals surface area contributed by atoms with Gasteiger partial charge in [-0.25, -0.2) is 4.79 Å². The van der Waals surface area contributed by atoms with Crippen LogP contribution in [0.2, 0.25) is 0 Å². The predicted octanol–water partition coefficient (Wildman–Crippen LogP) is 6.55. The number of para-hydroxylation sites is 1. The first kappa shape index (κ1) is 19.0. The van der Waals surface area contributed by atoms with Crippen molar-refractivity contribution < 1.29 is 9.90 Å². The minimum atomic E-state index is -0.938. The van der Waals surface area contributed by atoms with E-state index in [-0.39, 0.29) is 11.0 Å². The van der Waals surface area contributed by atoms with Crippen molar-refractivity contribution >= 4 is 22.9 Å². The molecule has 3 aromatic carbocycles. The first-order valence-corrected chi connectivity index (χ1v) is 9.86. The lowest BCUT2D eigenvalue weighted by Gasteiger charge is -2.33. The number of hydrogen-bond donors (Lipinski definition) is 2. The van der Waals surface area contributed by atoms with Gasteiger partial charge in [-0.2, -0.15) is 0 Å². The summed E-state index contributed by atoms with van der Waals surface area (Å²) in [4.78, 5) is 11.5. The van der Waals surface area contributed by atoms with Gasteiger partial charge in [-0.15, -0.1) is 0 Å². The topological polar surface area (TPSA) is 49.3 Å². The fraction of sp³-hybridized carbons (Fsp3) is 0.192. The van der Waals surface area contributed by atoms with Crippen molar-refractivity contribution in [2.75, 3.05) is 5.32 Å². The molecule has 0 saturated heterocycles. The maximum absolute atomic E-state index is 11.5. The smallest absolute Gasteiger partial charge is 0.337 e. The van der Waals surface area contributed by atoms with Crippen LogP contribution in [0.1, 0.15) is 52.9 Å². The number of allylic oxidation sites excluding steroid dienone is 1. The summed E-state index contributed by atoms with van der Waals surface area (Å²) in [6.07, 6.45) is 3.31. The molecule has 0 spiro atoms. The lowest BCUT2D eigenvalue weighted by atomic mass is 9.72. The van der Waals surface area contributed by atoms with Crippen LogP contribution in [0.25, 0.3) is 5.57 Å². The Balaban J connectivity index is 1.78. The normalized spacial score (nSPS) is 14.7. The second-order valence-corrected chi connectivity index (χ2v) is 8.31. The Labute approximate surface area is 171 Å². The van der Waals surface area contributed by atoms with E-state index in [0.29, 0.717) is 5.69 Å². The van der Waals surface area contributed by atoms with Crippen molar-refractivity contribution in [2.24, 2.45) is 0 Å². The van der Waals surface area contributed by atoms with Crippen LogP contribution in [-0.2, 0) is 5.41 Å². The number of carboxylic acids is 1. The fourth-order valence-electron chi connectivity index (χ4n) is 3.95. The van der Waals surface area contributed by atoms with Gasteiger partial charge in [0.2, 0.25) is 0 Å². The molecule has 0 atom stereocenters. The van der Waals surface area contributed by atoms with E-state index in [0.717, 1.165) is 12.1 Å². The van der Waals surface area contributed by atoms with Crippen LogP contribution in [-0.4, -0.2) is 11.1 Å². The molecule has 0 fully saturated rings. The van der Waals surface area contributed by atoms with Crippen LogP contribution in [0.4, 0.5) is 11.4 Å². The first-order chi connectivity index (χ1) is 13.8. The Bertz CT molecular complexity index is 1110. The summed E-state index contributed by atoms with van der Waals surface area (Å²) in [7, 11) is 0. The van der Waals surface area contributed by atoms with Crippen LogP contribution in [0.5, 0.6) is 0 Å². The molecule has 0 bridgehead atoms. The molecule has 0 unspecified atom stereocenters. The van der Waals surface area contributed by atoms with Gasteiger partial charge >= 0.3 is 5.97 Å². The van der Waals surface area contributed by atoms with Gasteiger partial charge < -0.3 is 10.4 Å². The Kier molecular flexibility index (Phi) is 4.75. The molecular formula is C26H25NO2. The van der Waals surface area contributed by atoms with E-state index >= 15 is 0 Å². The summed E-state index contributed by atoms with van der Waals surface area (Å²) >= 11 is 0. The summed E-state index contributed by atoms with van der Waals surface area (Å²) in [5.41, 5.74) is 7.98. The summed E-state index contributed by atoms with van der Waals surface area (Å²) in [6.45, 7) is 6.63. The third-order valence-corrected chi connectivity index (χ3v) is 5.65. The third-order valence-electron chi connectivity index (χ3n) is 5.65. The van der Waals surface area contributed by atoms with Crippen molar-refractivity contribution in [1.82, 2.24) is 0 Å². The molecule has 1 aliphatic carbocycles. The zero-order valence-corrected chi connectivity index (χ0v) is 17.0. The highest BCUT2D eigenvalue weighted by Gasteiger charge is 2.28. The minimum absolute atomic E-state index is 0.0566. The third kappa shape index (κ3) is 3.68. The zero-order valence-electron chi connectivity index (χ0n) is 17.0. The highest BCUT2D eigenvalue weighted by Crippen LogP contribution is 2.42. The Morgan fingerprint density at radius 3 is 2.45 bits per heavy atom. The van der Waals surface area contributed by atoms with Gasteiger partial charge in [-0.1, -0.05) is 68.0 Å². The predicted molar refractivity (Wildman–Crippen MR) is 119 cm³/mol. The lowest BCUT2D eigenvalue weighted by molar-refractivity contribution is 0.0698. The van der Waals surface area contributed by atoms with E-state index in [1.165, 1.54) is 27.8 Å². The summed E-state index contributed by atoms with van der Waals surface area (Å²) < 4.78 is 0. The zero-order chi connectivity index (χ0) is 20.6. The molecule has 4 rings (SSSR count). The number of carboxylic acid groups (broad SMARTS) is 1. The second-order valence-electron chi connectivity index (χ2n) is 8.31. The molecule has 0 heterocycles. The number of aromatic carboxylic acids is 1. The molecule has 0 aliphatic heterocycles. The molecule has 0 saturated carbocycles. The highest BCUT2D eigenvalue weighted by molar-refractivity contribution is 5.95. The SMILES string of the molecule is Cc1ccc(C2=CCC(C)(C)c3ccc(Nc4ccccc4C(=O)O)cc32)cc1. The molecule has 3 nitrogen and oxygen atoms in total. The van der Waals surface area contributed by atoms with E-state index in [9.17, 15) is 9.90 Å². The van der Waals surface area contributed by atoms with Crippen molar-refractivity contribution in [3.8, 4) is 0 Å². The second kappa shape index (κ2) is 7.25. The quantitative estimate of drug-likeness (QED) is 0.537. The number of anilines is 2. The number of nitrogens with one attached hydrogen (secondary N) is 1. The Morgan fingerprint density at radius 2 is 1.72 bits per heavy atom. The van der Waals surface area contributed by atoms with Crippen LogP contribution in [0.3, 0.4) is 0 Å². The molecule has 146 valence electrons. The number of aryl methyl sites for hydroxylation is 1. The van der Waals surface area contributed by atoms with Crippen molar-refractivity contribution in [3.63, 3.8) is 0 Å². The number of hydrogen-bond acceptors (Lipinski definition) is 2. The van der Waals surface area contributed by atoms with Crippen LogP contribution >= 0.6 is 0 Å². The lowest BCUT2D eigenvalue weighted by Crippen LogP contribution is -2.22. The maximum Gasteiger partial charge on any atom is 0.337 e. The first-order valence-electron chi connectivity index (χ1n) is 9.86. The maximum atomic E-state index is 11.5. The fourth-order valence-corrected chi connectivity index (χ4v) is 3.95. The van der Waals surface area contributed by atoms with E-state index in [1.54, 1.807) is 18.2 Å². The van der Waals surface area contributed by atoms with Crippen LogP contribution < -0.4 is 5.32 Å². The summed E-state index contributed by atoms with van der Waals surface area (Å²) in [6, 6.07) is 22.0. The van der Waals surface area contributed by atoms with E-state index in [4.69, 9.17) is 0 Å². The molecule has 0 aromatic heterocycles. The molecular weight excluding hydrogens is 358 g/mol. The molecule has 0 radical (unpaired) electrons. The van der Waals surface area contributed by atoms with Crippen molar-refractivity contribution in [3.05, 3.63) is 101 Å². The van der Waals surface area contributed by atoms with Gasteiger partial charge in [0, 0.05) is 5.69 Å². The van der Waals surface area contributed by atoms with Gasteiger partial charge in [0.15, 0.2) is 0 Å². The minimum Gasteiger partial charge on any atom is -0.478 e. The van der Waals surface area contributed by atoms with Gasteiger partial charge in [0.1, 0.15) is 0 Å². The highest BCUT2D eigenvalue weighted by atomic mass is 16.4. The van der Waals surface area contributed by atoms with E-state index < -0.39 is 5.97 Å². The van der Waals surface area contributed by atoms with Gasteiger partial charge in [0.05, 0.1) is 11.3 Å². The number of rotatable bonds is 4. The Morgan fingerprint density at radius 1 is 1.00 bits per heavy atom. The van der Waals surface area contributed by atoms with Crippen LogP contribution in [0.15, 0.2) is 72.8 Å². The molecule has 2 N–H and O–H groups in total. The average molecular weight is 383 g/mol. The molecule has 1 aliphatic rings. The summed E-state index contributed by atoms with van der Waals surface area (Å²) in [5, 5.41) is 12.8. The van der Waals surface area contributed by atoms with Gasteiger partial charge in [0.25, 0.3) is 0 Å². The molecule has 0 amide bonds. The van der Waals surface area contributed by atoms with Crippen LogP contribution in [0, 0.1) is 6.92 Å². The summed E-state index contributed by atoms with van der Waals surface area (Å²) in [5.74, 6) is -0.938. The van der Waals surface area contributed by atoms with Gasteiger partial charge in [-0.3, -0.25) is 0 Å². The van der Waals surface area contributed by atoms with Crippen molar-refractivity contribution in [1.29, 1.82) is 0 Å². The van der Waals surface area contributed by atoms with Gasteiger partial charge in [-0.05, 0) is 65.3 Å². The standard InChI is InChI=1S/C26H25NO2/c1-17-8-10-18(11-9-17)20-14-15-26(2,3)23-13-12-19(16-22(20)23)27-24-7-5-4-6-21(24)25(28)29/h4-14,16,27H,15H2,1-3H3,(H,28,29). The monoisotopic (exact) mass is 383 g/mol. The molecule has 29 heavy (non-hydrogen) atoms. The molecule has 3 aromatic rings. The Hall–Kier alpha value is -3.33. The number of carbonyl (C=O) groups is 1. The largest absolute Gasteiger partial charge is 0.478 e. The number of benzene rings is 3. The van der Waals surface area contributed by atoms with E-state index in [1.807, 2.05) is 12.1 Å². The average Bonchev–Trinajstić information content (AvgIpc) is 2.69. The van der Waals surface area contributed by atoms with E-state index in [2.05, 4.69) is 68.6 Å². The number of fused-ring (bicyclic) bond motifs is 1. The molecule has 3 heteroatoms.